The van der Waals surface area contributed by atoms with Crippen molar-refractivity contribution in [1.82, 2.24) is 0 Å². The maximum Gasteiger partial charge on any atom is 0.311 e. The molecule has 78 valence electrons. The van der Waals surface area contributed by atoms with E-state index in [1.165, 1.54) is 11.3 Å². The molecule has 0 saturated heterocycles. The van der Waals surface area contributed by atoms with Crippen LogP contribution in [0.1, 0.15) is 37.7 Å². The topological polar surface area (TPSA) is 37.3 Å². The van der Waals surface area contributed by atoms with Gasteiger partial charge in [-0.25, -0.2) is 0 Å². The molecule has 1 unspecified atom stereocenters. The summed E-state index contributed by atoms with van der Waals surface area (Å²) in [5.74, 6) is -1.08. The molecule has 1 heterocycles. The first-order valence-corrected chi connectivity index (χ1v) is 6.34. The van der Waals surface area contributed by atoms with E-state index in [4.69, 9.17) is 5.11 Å². The number of carbonyl (C=O) groups is 1. The van der Waals surface area contributed by atoms with Gasteiger partial charge in [0.15, 0.2) is 0 Å². The van der Waals surface area contributed by atoms with Crippen LogP contribution in [0.2, 0.25) is 0 Å². The van der Waals surface area contributed by atoms with Crippen molar-refractivity contribution in [2.75, 3.05) is 0 Å². The molecule has 14 heavy (non-hydrogen) atoms. The molecule has 0 aliphatic carbocycles. The Morgan fingerprint density at radius 2 is 2.36 bits per heavy atom. The number of carboxylic acid groups (broad SMARTS) is 1. The third kappa shape index (κ3) is 2.82. The van der Waals surface area contributed by atoms with Gasteiger partial charge in [0.05, 0.1) is 5.92 Å². The van der Waals surface area contributed by atoms with Crippen LogP contribution in [0.3, 0.4) is 0 Å². The predicted molar refractivity (Wildman–Crippen MR) is 61.9 cm³/mol. The van der Waals surface area contributed by atoms with Gasteiger partial charge in [-0.15, -0.1) is 0 Å². The molecule has 1 N–H and O–H groups in total. The van der Waals surface area contributed by atoms with Crippen molar-refractivity contribution in [1.29, 1.82) is 0 Å². The van der Waals surface area contributed by atoms with Gasteiger partial charge in [-0.2, -0.15) is 11.3 Å². The van der Waals surface area contributed by atoms with Crippen molar-refractivity contribution in [2.45, 2.75) is 32.1 Å². The maximum atomic E-state index is 11.0. The monoisotopic (exact) mass is 276 g/mol. The van der Waals surface area contributed by atoms with E-state index in [9.17, 15) is 4.79 Å². The molecular weight excluding hydrogens is 264 g/mol. The highest BCUT2D eigenvalue weighted by molar-refractivity contribution is 9.10. The summed E-state index contributed by atoms with van der Waals surface area (Å²) >= 11 is 4.91. The van der Waals surface area contributed by atoms with Gasteiger partial charge in [0, 0.05) is 9.85 Å². The quantitative estimate of drug-likeness (QED) is 0.887. The van der Waals surface area contributed by atoms with Crippen LogP contribution >= 0.6 is 27.3 Å². The average molecular weight is 277 g/mol. The number of carboxylic acids is 1. The fourth-order valence-electron chi connectivity index (χ4n) is 1.36. The van der Waals surface area contributed by atoms with Gasteiger partial charge in [-0.05, 0) is 33.3 Å². The normalized spacial score (nSPS) is 12.7. The molecule has 1 atom stereocenters. The molecule has 4 heteroatoms. The predicted octanol–water partition coefficient (Wildman–Crippen LogP) is 3.87. The Morgan fingerprint density at radius 1 is 1.64 bits per heavy atom. The first kappa shape index (κ1) is 11.7. The molecule has 1 aromatic rings. The van der Waals surface area contributed by atoms with Crippen LogP contribution in [-0.2, 0) is 4.79 Å². The Labute approximate surface area is 96.1 Å². The lowest BCUT2D eigenvalue weighted by Crippen LogP contribution is -2.11. The van der Waals surface area contributed by atoms with Crippen LogP contribution in [-0.4, -0.2) is 11.1 Å². The standard InChI is InChI=1S/C10H13BrO2S/c1-2-3-4-7(10(12)13)8-5-14-6-9(8)11/h5-7H,2-4H2,1H3,(H,12,13). The summed E-state index contributed by atoms with van der Waals surface area (Å²) in [4.78, 5) is 11.0. The molecule has 0 fully saturated rings. The SMILES string of the molecule is CCCCC(C(=O)O)c1cscc1Br. The van der Waals surface area contributed by atoms with Crippen LogP contribution in [0.5, 0.6) is 0 Å². The Morgan fingerprint density at radius 3 is 2.79 bits per heavy atom. The van der Waals surface area contributed by atoms with E-state index >= 15 is 0 Å². The van der Waals surface area contributed by atoms with Gasteiger partial charge < -0.3 is 5.11 Å². The maximum absolute atomic E-state index is 11.0. The van der Waals surface area contributed by atoms with Gasteiger partial charge in [-0.1, -0.05) is 19.8 Å². The summed E-state index contributed by atoms with van der Waals surface area (Å²) in [5, 5.41) is 12.9. The summed E-state index contributed by atoms with van der Waals surface area (Å²) in [6, 6.07) is 0. The Kier molecular flexibility index (Phi) is 4.62. The second kappa shape index (κ2) is 5.51. The molecule has 1 aromatic heterocycles. The molecule has 1 rings (SSSR count). The highest BCUT2D eigenvalue weighted by Gasteiger charge is 2.21. The molecule has 0 saturated carbocycles. The van der Waals surface area contributed by atoms with Crippen LogP contribution < -0.4 is 0 Å². The highest BCUT2D eigenvalue weighted by Crippen LogP contribution is 2.31. The van der Waals surface area contributed by atoms with Gasteiger partial charge in [0.2, 0.25) is 0 Å². The molecule has 2 nitrogen and oxygen atoms in total. The lowest BCUT2D eigenvalue weighted by Gasteiger charge is -2.10. The van der Waals surface area contributed by atoms with Crippen molar-refractivity contribution < 1.29 is 9.90 Å². The van der Waals surface area contributed by atoms with E-state index in [2.05, 4.69) is 22.9 Å². The Hall–Kier alpha value is -0.350. The summed E-state index contributed by atoms with van der Waals surface area (Å²) in [6.07, 6.45) is 2.71. The van der Waals surface area contributed by atoms with E-state index in [1.54, 1.807) is 0 Å². The zero-order chi connectivity index (χ0) is 10.6. The highest BCUT2D eigenvalue weighted by atomic mass is 79.9. The van der Waals surface area contributed by atoms with Gasteiger partial charge >= 0.3 is 5.97 Å². The fraction of sp³-hybridized carbons (Fsp3) is 0.500. The van der Waals surface area contributed by atoms with Crippen molar-refractivity contribution in [2.24, 2.45) is 0 Å². The van der Waals surface area contributed by atoms with Gasteiger partial charge in [-0.3, -0.25) is 4.79 Å². The lowest BCUT2D eigenvalue weighted by molar-refractivity contribution is -0.139. The third-order valence-corrected chi connectivity index (χ3v) is 3.91. The fourth-order valence-corrected chi connectivity index (χ4v) is 2.99. The number of halogens is 1. The van der Waals surface area contributed by atoms with Crippen LogP contribution in [0, 0.1) is 0 Å². The minimum absolute atomic E-state index is 0.351. The molecule has 0 aliphatic rings. The number of hydrogen-bond acceptors (Lipinski definition) is 2. The second-order valence-corrected chi connectivity index (χ2v) is 4.81. The molecule has 0 spiro atoms. The largest absolute Gasteiger partial charge is 0.481 e. The van der Waals surface area contributed by atoms with Crippen LogP contribution in [0.15, 0.2) is 15.2 Å². The van der Waals surface area contributed by atoms with E-state index < -0.39 is 5.97 Å². The zero-order valence-electron chi connectivity index (χ0n) is 8.00. The van der Waals surface area contributed by atoms with E-state index in [0.717, 1.165) is 29.3 Å². The minimum atomic E-state index is -0.724. The average Bonchev–Trinajstić information content (AvgIpc) is 2.52. The van der Waals surface area contributed by atoms with E-state index in [0.29, 0.717) is 0 Å². The Bertz CT molecular complexity index is 309. The summed E-state index contributed by atoms with van der Waals surface area (Å²) in [6.45, 7) is 2.07. The van der Waals surface area contributed by atoms with Crippen LogP contribution in [0.4, 0.5) is 0 Å². The molecular formula is C10H13BrO2S. The summed E-state index contributed by atoms with van der Waals surface area (Å²) < 4.78 is 0.922. The molecule has 0 aliphatic heterocycles. The number of rotatable bonds is 5. The number of aliphatic carboxylic acids is 1. The second-order valence-electron chi connectivity index (χ2n) is 3.21. The summed E-state index contributed by atoms with van der Waals surface area (Å²) in [7, 11) is 0. The lowest BCUT2D eigenvalue weighted by atomic mass is 9.96. The number of thiophene rings is 1. The smallest absolute Gasteiger partial charge is 0.311 e. The zero-order valence-corrected chi connectivity index (χ0v) is 10.4. The van der Waals surface area contributed by atoms with Gasteiger partial charge in [0.1, 0.15) is 0 Å². The minimum Gasteiger partial charge on any atom is -0.481 e. The molecule has 0 amide bonds. The van der Waals surface area contributed by atoms with Crippen LogP contribution in [0.25, 0.3) is 0 Å². The van der Waals surface area contributed by atoms with Crippen molar-refractivity contribution in [3.05, 3.63) is 20.8 Å². The van der Waals surface area contributed by atoms with Crippen molar-refractivity contribution >= 4 is 33.2 Å². The Balaban J connectivity index is 2.78. The van der Waals surface area contributed by atoms with Gasteiger partial charge in [0.25, 0.3) is 0 Å². The van der Waals surface area contributed by atoms with E-state index in [-0.39, 0.29) is 5.92 Å². The van der Waals surface area contributed by atoms with E-state index in [1.807, 2.05) is 10.8 Å². The first-order valence-electron chi connectivity index (χ1n) is 4.61. The van der Waals surface area contributed by atoms with Crippen molar-refractivity contribution in [3.8, 4) is 0 Å². The molecule has 0 radical (unpaired) electrons. The third-order valence-electron chi connectivity index (χ3n) is 2.16. The molecule has 0 bridgehead atoms. The first-order chi connectivity index (χ1) is 6.66. The number of hydrogen-bond donors (Lipinski definition) is 1. The number of unbranched alkanes of at least 4 members (excludes halogenated alkanes) is 1. The summed E-state index contributed by atoms with van der Waals surface area (Å²) in [5.41, 5.74) is 0.913. The molecule has 0 aromatic carbocycles. The van der Waals surface area contributed by atoms with Crippen molar-refractivity contribution in [3.63, 3.8) is 0 Å².